The Morgan fingerprint density at radius 3 is 2.30 bits per heavy atom. The highest BCUT2D eigenvalue weighted by Crippen LogP contribution is 2.33. The lowest BCUT2D eigenvalue weighted by Crippen LogP contribution is -2.62. The summed E-state index contributed by atoms with van der Waals surface area (Å²) in [5.41, 5.74) is 0. The topological polar surface area (TPSA) is 196 Å². The Morgan fingerprint density at radius 2 is 1.66 bits per heavy atom. The maximum Gasteiger partial charge on any atom is 0.226 e. The standard InChI is InChI=1S/C32H58FN5O9/c1-46-19-21-13-35-32(36-14-21)37-8-6-20(7-9-37)3-2-10-47-24-5-4-22(25(33)12-24)11-28(42)38-16-23(17-38)31(45)34-15-26(40)29(43)30(44)27(41)18-39/h20-27,29-30,32,35-36,39-41,43-44H,2-19H2,1H3,(H,34,45)/t21?,22?,24?,25?,26-,27+,29+,30+,32?/m0/s1. The molecule has 7 atom stereocenters. The molecular formula is C32H58FN5O9. The van der Waals surface area contributed by atoms with Crippen LogP contribution < -0.4 is 16.0 Å². The average Bonchev–Trinajstić information content (AvgIpc) is 3.05. The van der Waals surface area contributed by atoms with Gasteiger partial charge in [0.2, 0.25) is 11.8 Å². The number of methoxy groups -OCH3 is 1. The van der Waals surface area contributed by atoms with Crippen molar-refractivity contribution in [1.29, 1.82) is 0 Å². The first kappa shape index (κ1) is 38.3. The van der Waals surface area contributed by atoms with E-state index in [4.69, 9.17) is 14.6 Å². The highest BCUT2D eigenvalue weighted by atomic mass is 19.1. The number of rotatable bonds is 17. The second kappa shape index (κ2) is 19.0. The van der Waals surface area contributed by atoms with E-state index in [1.54, 1.807) is 7.11 Å². The van der Waals surface area contributed by atoms with Crippen molar-refractivity contribution in [2.75, 3.05) is 72.7 Å². The van der Waals surface area contributed by atoms with Crippen molar-refractivity contribution < 1.29 is 49.0 Å². The number of hydrogen-bond donors (Lipinski definition) is 8. The lowest BCUT2D eigenvalue weighted by Gasteiger charge is -2.41. The zero-order valence-electron chi connectivity index (χ0n) is 27.7. The number of piperidine rings is 1. The van der Waals surface area contributed by atoms with Crippen LogP contribution in [0.3, 0.4) is 0 Å². The predicted octanol–water partition coefficient (Wildman–Crippen LogP) is -1.86. The number of aliphatic hydroxyl groups is 5. The fourth-order valence-electron chi connectivity index (χ4n) is 7.19. The van der Waals surface area contributed by atoms with Gasteiger partial charge >= 0.3 is 0 Å². The molecule has 4 rings (SSSR count). The molecule has 1 aliphatic carbocycles. The molecule has 4 aliphatic rings. The van der Waals surface area contributed by atoms with Gasteiger partial charge in [0.05, 0.1) is 31.3 Å². The van der Waals surface area contributed by atoms with E-state index >= 15 is 4.39 Å². The summed E-state index contributed by atoms with van der Waals surface area (Å²) in [4.78, 5) is 29.1. The molecule has 14 nitrogen and oxygen atoms in total. The summed E-state index contributed by atoms with van der Waals surface area (Å²) in [6.07, 6.45) is -1.59. The van der Waals surface area contributed by atoms with Crippen LogP contribution in [0.15, 0.2) is 0 Å². The number of carbonyl (C=O) groups excluding carboxylic acids is 2. The van der Waals surface area contributed by atoms with Crippen LogP contribution in [0.1, 0.15) is 51.4 Å². The van der Waals surface area contributed by atoms with E-state index in [1.165, 1.54) is 17.7 Å². The summed E-state index contributed by atoms with van der Waals surface area (Å²) in [5.74, 6) is -0.263. The van der Waals surface area contributed by atoms with Gasteiger partial charge in [-0.05, 0) is 50.4 Å². The summed E-state index contributed by atoms with van der Waals surface area (Å²) >= 11 is 0. The summed E-state index contributed by atoms with van der Waals surface area (Å²) in [7, 11) is 1.74. The molecule has 4 fully saturated rings. The van der Waals surface area contributed by atoms with Crippen LogP contribution in [0.5, 0.6) is 0 Å². The van der Waals surface area contributed by atoms with E-state index in [9.17, 15) is 30.0 Å². The van der Waals surface area contributed by atoms with Crippen LogP contribution in [0, 0.1) is 23.7 Å². The van der Waals surface area contributed by atoms with Gasteiger partial charge in [-0.3, -0.25) is 25.1 Å². The number of amides is 2. The van der Waals surface area contributed by atoms with E-state index in [0.29, 0.717) is 31.3 Å². The molecule has 3 unspecified atom stereocenters. The zero-order valence-corrected chi connectivity index (χ0v) is 27.7. The summed E-state index contributed by atoms with van der Waals surface area (Å²) in [6.45, 7) is 4.69. The Labute approximate surface area is 277 Å². The maximum atomic E-state index is 15.0. The number of aliphatic hydroxyl groups excluding tert-OH is 5. The fourth-order valence-corrected chi connectivity index (χ4v) is 7.19. The molecule has 47 heavy (non-hydrogen) atoms. The summed E-state index contributed by atoms with van der Waals surface area (Å²) in [6, 6.07) is 0. The Kier molecular flexibility index (Phi) is 15.5. The van der Waals surface area contributed by atoms with Crippen LogP contribution in [-0.2, 0) is 19.1 Å². The normalized spacial score (nSPS) is 30.7. The summed E-state index contributed by atoms with van der Waals surface area (Å²) in [5, 5.41) is 57.4. The third-order valence-corrected chi connectivity index (χ3v) is 10.4. The number of nitrogens with zero attached hydrogens (tertiary/aromatic N) is 2. The van der Waals surface area contributed by atoms with E-state index < -0.39 is 49.0 Å². The molecular weight excluding hydrogens is 617 g/mol. The fraction of sp³-hybridized carbons (Fsp3) is 0.938. The van der Waals surface area contributed by atoms with Crippen LogP contribution in [0.4, 0.5) is 4.39 Å². The maximum absolute atomic E-state index is 15.0. The molecule has 0 aromatic heterocycles. The van der Waals surface area contributed by atoms with E-state index in [2.05, 4.69) is 20.9 Å². The quantitative estimate of drug-likeness (QED) is 0.0803. The molecule has 0 spiro atoms. The van der Waals surface area contributed by atoms with E-state index in [1.807, 2.05) is 0 Å². The number of ether oxygens (including phenoxy) is 2. The van der Waals surface area contributed by atoms with Crippen LogP contribution >= 0.6 is 0 Å². The van der Waals surface area contributed by atoms with Crippen molar-refractivity contribution in [3.63, 3.8) is 0 Å². The van der Waals surface area contributed by atoms with E-state index in [0.717, 1.165) is 52.0 Å². The van der Waals surface area contributed by atoms with Gasteiger partial charge in [-0.1, -0.05) is 0 Å². The molecule has 2 amide bonds. The lowest BCUT2D eigenvalue weighted by molar-refractivity contribution is -0.145. The first-order chi connectivity index (χ1) is 22.6. The van der Waals surface area contributed by atoms with Gasteiger partial charge in [0.25, 0.3) is 0 Å². The number of likely N-dealkylation sites (tertiary alicyclic amines) is 2. The molecule has 3 heterocycles. The second-order valence-corrected chi connectivity index (χ2v) is 14.0. The minimum absolute atomic E-state index is 0.0938. The minimum atomic E-state index is -1.78. The minimum Gasteiger partial charge on any atom is -0.394 e. The molecule has 0 aromatic carbocycles. The number of carbonyl (C=O) groups is 2. The van der Waals surface area contributed by atoms with Crippen molar-refractivity contribution in [3.05, 3.63) is 0 Å². The molecule has 15 heteroatoms. The highest BCUT2D eigenvalue weighted by molar-refractivity contribution is 5.84. The molecule has 272 valence electrons. The average molecular weight is 676 g/mol. The zero-order chi connectivity index (χ0) is 33.9. The second-order valence-electron chi connectivity index (χ2n) is 14.0. The highest BCUT2D eigenvalue weighted by Gasteiger charge is 2.39. The van der Waals surface area contributed by atoms with Gasteiger partial charge in [0.15, 0.2) is 0 Å². The number of nitrogens with one attached hydrogen (secondary N) is 3. The molecule has 0 radical (unpaired) electrons. The van der Waals surface area contributed by atoms with Crippen molar-refractivity contribution in [2.45, 2.75) is 94.3 Å². The first-order valence-electron chi connectivity index (χ1n) is 17.4. The third kappa shape index (κ3) is 11.2. The Hall–Kier alpha value is -1.53. The van der Waals surface area contributed by atoms with Crippen molar-refractivity contribution in [2.24, 2.45) is 23.7 Å². The van der Waals surface area contributed by atoms with Gasteiger partial charge in [-0.2, -0.15) is 0 Å². The van der Waals surface area contributed by atoms with Crippen LogP contribution in [0.2, 0.25) is 0 Å². The van der Waals surface area contributed by atoms with Gasteiger partial charge in [-0.15, -0.1) is 0 Å². The molecule has 8 N–H and O–H groups in total. The largest absolute Gasteiger partial charge is 0.394 e. The molecule has 3 aliphatic heterocycles. The van der Waals surface area contributed by atoms with Gasteiger partial charge < -0.3 is 45.2 Å². The molecule has 0 bridgehead atoms. The molecule has 3 saturated heterocycles. The van der Waals surface area contributed by atoms with Gasteiger partial charge in [-0.25, -0.2) is 4.39 Å². The third-order valence-electron chi connectivity index (χ3n) is 10.4. The monoisotopic (exact) mass is 675 g/mol. The smallest absolute Gasteiger partial charge is 0.226 e. The Morgan fingerprint density at radius 1 is 0.979 bits per heavy atom. The predicted molar refractivity (Wildman–Crippen MR) is 169 cm³/mol. The van der Waals surface area contributed by atoms with Crippen LogP contribution in [0.25, 0.3) is 0 Å². The van der Waals surface area contributed by atoms with E-state index in [-0.39, 0.29) is 50.3 Å². The first-order valence-corrected chi connectivity index (χ1v) is 17.4. The van der Waals surface area contributed by atoms with Crippen molar-refractivity contribution in [3.8, 4) is 0 Å². The number of hydrogen-bond acceptors (Lipinski definition) is 12. The molecule has 0 aromatic rings. The van der Waals surface area contributed by atoms with Gasteiger partial charge in [0.1, 0.15) is 30.8 Å². The summed E-state index contributed by atoms with van der Waals surface area (Å²) < 4.78 is 26.4. The number of alkyl halides is 1. The Bertz CT molecular complexity index is 950. The molecule has 1 saturated carbocycles. The SMILES string of the molecule is COCC1CNC(N2CCC(CCCOC3CCC(CC(=O)N4CC(C(=O)NC[C@H](O)[C@@H](O)[C@H](O)[C@H](O)CO)C4)C(F)C3)CC2)NC1. The van der Waals surface area contributed by atoms with Gasteiger partial charge in [0, 0.05) is 78.3 Å². The van der Waals surface area contributed by atoms with Crippen LogP contribution in [-0.4, -0.2) is 163 Å². The number of halogens is 1. The Balaban J connectivity index is 1.02. The lowest BCUT2D eigenvalue weighted by atomic mass is 9.83. The van der Waals surface area contributed by atoms with Crippen molar-refractivity contribution >= 4 is 11.8 Å². The van der Waals surface area contributed by atoms with Crippen molar-refractivity contribution in [1.82, 2.24) is 25.8 Å².